The van der Waals surface area contributed by atoms with Crippen molar-refractivity contribution in [1.29, 1.82) is 0 Å². The third kappa shape index (κ3) is 10.9. The third-order valence-corrected chi connectivity index (χ3v) is 14.2. The molecule has 2 fully saturated rings. The van der Waals surface area contributed by atoms with Crippen LogP contribution in [0.4, 0.5) is 22.7 Å². The van der Waals surface area contributed by atoms with Crippen molar-refractivity contribution in [3.8, 4) is 5.82 Å². The van der Waals surface area contributed by atoms with Crippen LogP contribution in [0.15, 0.2) is 128 Å². The lowest BCUT2D eigenvalue weighted by molar-refractivity contribution is 0.107. The molecule has 11 nitrogen and oxygen atoms in total. The van der Waals surface area contributed by atoms with Gasteiger partial charge in [-0.1, -0.05) is 177 Å². The molecule has 0 saturated carbocycles. The molecule has 7 aromatic rings. The minimum Gasteiger partial charge on any atom is -0.452 e. The van der Waals surface area contributed by atoms with Gasteiger partial charge in [0.1, 0.15) is 12.5 Å². The van der Waals surface area contributed by atoms with Crippen molar-refractivity contribution in [2.75, 3.05) is 16.5 Å². The first-order valence-electron chi connectivity index (χ1n) is 26.7. The van der Waals surface area contributed by atoms with Crippen LogP contribution in [0.1, 0.15) is 121 Å². The van der Waals surface area contributed by atoms with Gasteiger partial charge in [0.05, 0.1) is 35.6 Å². The molecular weight excluding hydrogens is 930 g/mol. The standard InChI is InChI=1S/C58H72B6N4O7/c1-54(2,3)42-35-46(59-70-61(55(4,5)6)74-62(71-59)56(7,8)9)53(47(36-42)60-72-63(57(10,11)12)75-64(73-60)58(13,14)15)67-39-66(49-27-18-19-28-50(49)67)43-24-22-23-40(33-43)37-69-38-41-30-31-45-44-25-16-17-26-48(44)68(51(45)34-41)52-29-20-21-32-65-52/h16-36H,37-39H2,1-15H3. The lowest BCUT2D eigenvalue weighted by Gasteiger charge is -2.43. The largest absolute Gasteiger partial charge is 0.468 e. The van der Waals surface area contributed by atoms with E-state index in [0.29, 0.717) is 19.9 Å². The molecule has 5 aromatic carbocycles. The number of nitrogens with zero attached hydrogens (tertiary/aromatic N) is 4. The number of anilines is 4. The monoisotopic (exact) mass is 1000 g/mol. The molecule has 384 valence electrons. The number of fused-ring (bicyclic) bond motifs is 4. The van der Waals surface area contributed by atoms with E-state index in [4.69, 9.17) is 37.2 Å². The summed E-state index contributed by atoms with van der Waals surface area (Å²) in [5.74, 6) is 0.886. The van der Waals surface area contributed by atoms with E-state index in [-0.39, 0.29) is 26.7 Å². The molecule has 0 N–H and O–H groups in total. The number of pyridine rings is 1. The number of rotatable bonds is 9. The summed E-state index contributed by atoms with van der Waals surface area (Å²) in [6.45, 7) is 33.9. The second kappa shape index (κ2) is 20.0. The molecule has 0 atom stereocenters. The predicted octanol–water partition coefficient (Wildman–Crippen LogP) is 13.1. The minimum absolute atomic E-state index is 0.276. The van der Waals surface area contributed by atoms with Gasteiger partial charge in [0, 0.05) is 39.3 Å². The number of hydrogen-bond donors (Lipinski definition) is 0. The molecule has 2 saturated heterocycles. The summed E-state index contributed by atoms with van der Waals surface area (Å²) in [4.78, 5) is 9.49. The van der Waals surface area contributed by atoms with E-state index in [0.717, 1.165) is 67.2 Å². The van der Waals surface area contributed by atoms with Crippen molar-refractivity contribution < 1.29 is 32.2 Å². The maximum atomic E-state index is 7.06. The minimum atomic E-state index is -0.805. The number of benzene rings is 5. The molecule has 3 aliphatic heterocycles. The average Bonchev–Trinajstić information content (AvgIpc) is 3.91. The molecule has 0 unspecified atom stereocenters. The maximum Gasteiger partial charge on any atom is 0.468 e. The Kier molecular flexibility index (Phi) is 14.2. The molecule has 0 spiro atoms. The molecule has 75 heavy (non-hydrogen) atoms. The van der Waals surface area contributed by atoms with E-state index in [2.05, 4.69) is 227 Å². The van der Waals surface area contributed by atoms with Crippen molar-refractivity contribution in [2.45, 2.75) is 144 Å². The van der Waals surface area contributed by atoms with Crippen LogP contribution < -0.4 is 20.7 Å². The van der Waals surface area contributed by atoms with E-state index in [1.54, 1.807) is 0 Å². The number of hydrogen-bond acceptors (Lipinski definition) is 10. The summed E-state index contributed by atoms with van der Waals surface area (Å²) in [7, 11) is -3.85. The zero-order chi connectivity index (χ0) is 53.4. The fraction of sp³-hybridized carbons (Fsp3) is 0.397. The van der Waals surface area contributed by atoms with Crippen LogP contribution in [0.25, 0.3) is 27.6 Å². The molecule has 10 rings (SSSR count). The highest BCUT2D eigenvalue weighted by molar-refractivity contribution is 6.84. The number of aromatic nitrogens is 2. The van der Waals surface area contributed by atoms with Crippen LogP contribution in [0.5, 0.6) is 0 Å². The first-order chi connectivity index (χ1) is 35.3. The molecule has 0 amide bonds. The van der Waals surface area contributed by atoms with Gasteiger partial charge >= 0.3 is 42.7 Å². The smallest absolute Gasteiger partial charge is 0.452 e. The van der Waals surface area contributed by atoms with Gasteiger partial charge < -0.3 is 42.0 Å². The van der Waals surface area contributed by atoms with E-state index in [9.17, 15) is 0 Å². The van der Waals surface area contributed by atoms with Gasteiger partial charge in [0.15, 0.2) is 0 Å². The van der Waals surface area contributed by atoms with Gasteiger partial charge in [-0.2, -0.15) is 0 Å². The summed E-state index contributed by atoms with van der Waals surface area (Å²) >= 11 is 0. The normalized spacial score (nSPS) is 16.3. The second-order valence-electron chi connectivity index (χ2n) is 26.1. The molecule has 2 aromatic heterocycles. The van der Waals surface area contributed by atoms with Crippen molar-refractivity contribution in [3.05, 3.63) is 144 Å². The van der Waals surface area contributed by atoms with Crippen molar-refractivity contribution in [2.24, 2.45) is 0 Å². The van der Waals surface area contributed by atoms with Gasteiger partial charge in [-0.05, 0) is 91.9 Å². The molecule has 17 heteroatoms. The van der Waals surface area contributed by atoms with Gasteiger partial charge in [0.25, 0.3) is 0 Å². The molecular formula is C58H72B6N4O7. The molecule has 0 bridgehead atoms. The van der Waals surface area contributed by atoms with Crippen molar-refractivity contribution in [1.82, 2.24) is 9.55 Å². The Morgan fingerprint density at radius 1 is 0.480 bits per heavy atom. The number of para-hydroxylation sites is 3. The Labute approximate surface area is 448 Å². The van der Waals surface area contributed by atoms with Crippen LogP contribution in [-0.4, -0.2) is 58.9 Å². The van der Waals surface area contributed by atoms with Crippen LogP contribution in [-0.2, 0) is 50.8 Å². The molecule has 0 aliphatic carbocycles. The van der Waals surface area contributed by atoms with E-state index < -0.39 is 42.7 Å². The summed E-state index contributed by atoms with van der Waals surface area (Å²) in [5.41, 5.74) is 11.0. The number of ether oxygens (including phenoxy) is 1. The Bertz CT molecular complexity index is 3080. The van der Waals surface area contributed by atoms with E-state index in [1.165, 1.54) is 10.8 Å². The third-order valence-electron chi connectivity index (χ3n) is 14.2. The van der Waals surface area contributed by atoms with Crippen LogP contribution in [0.2, 0.25) is 21.3 Å². The van der Waals surface area contributed by atoms with Gasteiger partial charge in [0.2, 0.25) is 0 Å². The van der Waals surface area contributed by atoms with Gasteiger partial charge in [-0.25, -0.2) is 4.98 Å². The molecule has 0 radical (unpaired) electrons. The zero-order valence-electron chi connectivity index (χ0n) is 46.9. The zero-order valence-corrected chi connectivity index (χ0v) is 46.9. The second-order valence-corrected chi connectivity index (χ2v) is 26.1. The topological polar surface area (TPSA) is 88.9 Å². The predicted molar refractivity (Wildman–Crippen MR) is 313 cm³/mol. The Hall–Kier alpha value is -5.24. The quantitative estimate of drug-likeness (QED) is 0.130. The molecule has 3 aliphatic rings. The molecule has 5 heterocycles. The van der Waals surface area contributed by atoms with Gasteiger partial charge in [-0.15, -0.1) is 0 Å². The van der Waals surface area contributed by atoms with Crippen molar-refractivity contribution in [3.63, 3.8) is 0 Å². The summed E-state index contributed by atoms with van der Waals surface area (Å²) in [6, 6.07) is 43.0. The van der Waals surface area contributed by atoms with Crippen molar-refractivity contribution >= 4 is 98.2 Å². The average molecular weight is 1000 g/mol. The summed E-state index contributed by atoms with van der Waals surface area (Å²) in [6.07, 6.45) is 1.84. The van der Waals surface area contributed by atoms with Crippen LogP contribution in [0, 0.1) is 0 Å². The van der Waals surface area contributed by atoms with E-state index in [1.807, 2.05) is 18.3 Å². The lowest BCUT2D eigenvalue weighted by Crippen LogP contribution is -2.62. The van der Waals surface area contributed by atoms with Crippen LogP contribution >= 0.6 is 0 Å². The summed E-state index contributed by atoms with van der Waals surface area (Å²) < 4.78 is 50.4. The van der Waals surface area contributed by atoms with Gasteiger partial charge in [-0.3, -0.25) is 4.57 Å². The Morgan fingerprint density at radius 3 is 1.52 bits per heavy atom. The lowest BCUT2D eigenvalue weighted by atomic mass is 9.49. The highest BCUT2D eigenvalue weighted by Gasteiger charge is 2.55. The highest BCUT2D eigenvalue weighted by atomic mass is 16.7. The fourth-order valence-corrected chi connectivity index (χ4v) is 10.1. The summed E-state index contributed by atoms with van der Waals surface area (Å²) in [5, 5.41) is 0.950. The van der Waals surface area contributed by atoms with E-state index >= 15 is 0 Å². The maximum absolute atomic E-state index is 7.06. The highest BCUT2D eigenvalue weighted by Crippen LogP contribution is 2.46. The Morgan fingerprint density at radius 2 is 0.987 bits per heavy atom. The first kappa shape index (κ1) is 53.2. The van der Waals surface area contributed by atoms with Crippen LogP contribution in [0.3, 0.4) is 0 Å². The SMILES string of the molecule is CC(C)(C)B1OB(c2cc(C(C)(C)C)cc(B3OB(C(C)(C)C)OB(C(C)(C)C)O3)c2N2CN(c3cccc(COCc4ccc5c6ccccc6n(-c6ccccn6)c5c4)c3)c3ccccc32)OB(C(C)(C)C)O1. The first-order valence-corrected chi connectivity index (χ1v) is 26.7. The fourth-order valence-electron chi connectivity index (χ4n) is 10.1. The Balaban J connectivity index is 1.03.